The minimum Gasteiger partial charge on any atom is -0.368 e. The Morgan fingerprint density at radius 1 is 1.15 bits per heavy atom. The van der Waals surface area contributed by atoms with Gasteiger partial charge in [0.1, 0.15) is 5.02 Å². The average Bonchev–Trinajstić information content (AvgIpc) is 3.09. The maximum Gasteiger partial charge on any atom is 0.292 e. The lowest BCUT2D eigenvalue weighted by atomic mass is 10.0. The van der Waals surface area contributed by atoms with Crippen molar-refractivity contribution in [1.29, 1.82) is 0 Å². The molecule has 1 aromatic heterocycles. The topological polar surface area (TPSA) is 56.6 Å². The van der Waals surface area contributed by atoms with E-state index in [0.29, 0.717) is 42.7 Å². The summed E-state index contributed by atoms with van der Waals surface area (Å²) in [6.45, 7) is 4.57. The minimum atomic E-state index is -0.468. The molecule has 2 saturated heterocycles. The van der Waals surface area contributed by atoms with Crippen LogP contribution >= 0.6 is 23.2 Å². The molecule has 0 radical (unpaired) electrons. The Bertz CT molecular complexity index is 884. The number of nitrogens with zero attached hydrogens (tertiary/aromatic N) is 3. The summed E-state index contributed by atoms with van der Waals surface area (Å²) in [5.74, 6) is -0.468. The van der Waals surface area contributed by atoms with Crippen LogP contribution in [0.2, 0.25) is 10.0 Å². The summed E-state index contributed by atoms with van der Waals surface area (Å²) in [4.78, 5) is 14.8. The van der Waals surface area contributed by atoms with Gasteiger partial charge in [0.15, 0.2) is 5.79 Å². The van der Waals surface area contributed by atoms with Crippen molar-refractivity contribution in [2.45, 2.75) is 25.6 Å². The van der Waals surface area contributed by atoms with Gasteiger partial charge >= 0.3 is 0 Å². The lowest BCUT2D eigenvalue weighted by Gasteiger charge is -2.38. The van der Waals surface area contributed by atoms with Gasteiger partial charge in [-0.25, -0.2) is 0 Å². The third kappa shape index (κ3) is 3.11. The number of hydrogen-bond donors (Lipinski definition) is 0. The monoisotopic (exact) mass is 395 g/mol. The van der Waals surface area contributed by atoms with Gasteiger partial charge in [0.25, 0.3) is 5.56 Å². The molecule has 0 unspecified atom stereocenters. The van der Waals surface area contributed by atoms with Gasteiger partial charge in [-0.2, -0.15) is 9.78 Å². The molecular weight excluding hydrogens is 377 g/mol. The molecule has 2 aliphatic rings. The van der Waals surface area contributed by atoms with E-state index in [1.54, 1.807) is 18.3 Å². The van der Waals surface area contributed by atoms with Crippen molar-refractivity contribution in [3.05, 3.63) is 50.4 Å². The third-order valence-corrected chi connectivity index (χ3v) is 5.74. The number of rotatable bonds is 2. The highest BCUT2D eigenvalue weighted by Crippen LogP contribution is 2.34. The van der Waals surface area contributed by atoms with Crippen LogP contribution in [0.15, 0.2) is 29.2 Å². The Hall–Kier alpha value is -1.60. The van der Waals surface area contributed by atoms with E-state index >= 15 is 0 Å². The number of ether oxygens (including phenoxy) is 2. The molecule has 2 aliphatic heterocycles. The van der Waals surface area contributed by atoms with Crippen LogP contribution in [0.4, 0.5) is 5.69 Å². The first kappa shape index (κ1) is 17.8. The molecule has 0 atom stereocenters. The van der Waals surface area contributed by atoms with Gasteiger partial charge < -0.3 is 14.4 Å². The second kappa shape index (κ2) is 6.85. The van der Waals surface area contributed by atoms with Crippen molar-refractivity contribution in [3.8, 4) is 5.69 Å². The summed E-state index contributed by atoms with van der Waals surface area (Å²) < 4.78 is 12.8. The number of halogens is 2. The second-order valence-electron chi connectivity index (χ2n) is 6.59. The van der Waals surface area contributed by atoms with Crippen LogP contribution in [-0.2, 0) is 9.47 Å². The molecule has 8 heteroatoms. The van der Waals surface area contributed by atoms with Crippen LogP contribution in [0.1, 0.15) is 18.4 Å². The van der Waals surface area contributed by atoms with Gasteiger partial charge in [0, 0.05) is 31.0 Å². The molecule has 0 saturated carbocycles. The van der Waals surface area contributed by atoms with Gasteiger partial charge in [0.05, 0.1) is 30.8 Å². The Kier molecular flexibility index (Phi) is 4.69. The lowest BCUT2D eigenvalue weighted by molar-refractivity contribution is -0.169. The highest BCUT2D eigenvalue weighted by atomic mass is 35.5. The molecule has 0 bridgehead atoms. The van der Waals surface area contributed by atoms with Gasteiger partial charge in [-0.15, -0.1) is 0 Å². The molecule has 3 heterocycles. The quantitative estimate of drug-likeness (QED) is 0.781. The van der Waals surface area contributed by atoms with Crippen molar-refractivity contribution in [2.24, 2.45) is 0 Å². The molecule has 0 N–H and O–H groups in total. The highest BCUT2D eigenvalue weighted by molar-refractivity contribution is 6.33. The van der Waals surface area contributed by atoms with Crippen LogP contribution in [0.3, 0.4) is 0 Å². The molecule has 1 spiro atoms. The van der Waals surface area contributed by atoms with E-state index in [4.69, 9.17) is 32.7 Å². The fourth-order valence-corrected chi connectivity index (χ4v) is 3.84. The van der Waals surface area contributed by atoms with E-state index in [9.17, 15) is 4.79 Å². The molecule has 26 heavy (non-hydrogen) atoms. The first-order chi connectivity index (χ1) is 12.5. The molecule has 0 amide bonds. The average molecular weight is 396 g/mol. The van der Waals surface area contributed by atoms with E-state index in [2.05, 4.69) is 10.00 Å². The van der Waals surface area contributed by atoms with E-state index in [-0.39, 0.29) is 10.6 Å². The molecule has 4 rings (SSSR count). The summed E-state index contributed by atoms with van der Waals surface area (Å²) in [6, 6.07) is 5.35. The molecule has 2 fully saturated rings. The van der Waals surface area contributed by atoms with Crippen LogP contribution in [0, 0.1) is 6.92 Å². The largest absolute Gasteiger partial charge is 0.368 e. The first-order valence-corrected chi connectivity index (χ1v) is 9.32. The molecule has 1 aromatic carbocycles. The maximum absolute atomic E-state index is 12.7. The fraction of sp³-hybridized carbons (Fsp3) is 0.444. The van der Waals surface area contributed by atoms with E-state index < -0.39 is 5.79 Å². The molecule has 0 aliphatic carbocycles. The van der Waals surface area contributed by atoms with E-state index in [0.717, 1.165) is 18.4 Å². The Labute approximate surface area is 161 Å². The molecule has 6 nitrogen and oxygen atoms in total. The maximum atomic E-state index is 12.7. The number of piperidine rings is 1. The van der Waals surface area contributed by atoms with Crippen molar-refractivity contribution in [1.82, 2.24) is 9.78 Å². The van der Waals surface area contributed by atoms with Crippen LogP contribution in [0.5, 0.6) is 0 Å². The predicted octanol–water partition coefficient (Wildman–Crippen LogP) is 3.19. The van der Waals surface area contributed by atoms with Crippen molar-refractivity contribution in [2.75, 3.05) is 31.2 Å². The van der Waals surface area contributed by atoms with Gasteiger partial charge in [-0.1, -0.05) is 29.3 Å². The number of benzene rings is 1. The molecule has 138 valence electrons. The number of aromatic nitrogens is 2. The van der Waals surface area contributed by atoms with Crippen LogP contribution < -0.4 is 10.5 Å². The number of aryl methyl sites for hydroxylation is 1. The van der Waals surface area contributed by atoms with Gasteiger partial charge in [0.2, 0.25) is 0 Å². The van der Waals surface area contributed by atoms with Crippen molar-refractivity contribution >= 4 is 28.9 Å². The van der Waals surface area contributed by atoms with Crippen LogP contribution in [-0.4, -0.2) is 41.9 Å². The predicted molar refractivity (Wildman–Crippen MR) is 101 cm³/mol. The van der Waals surface area contributed by atoms with Crippen molar-refractivity contribution < 1.29 is 9.47 Å². The summed E-state index contributed by atoms with van der Waals surface area (Å²) in [6.07, 6.45) is 3.10. The SMILES string of the molecule is Cc1ccc(-n2ncc(N3CCC4(CC3)OCCO4)c(Cl)c2=O)cc1Cl. The molecular formula is C18H19Cl2N3O3. The van der Waals surface area contributed by atoms with E-state index in [1.165, 1.54) is 4.68 Å². The summed E-state index contributed by atoms with van der Waals surface area (Å²) >= 11 is 12.6. The highest BCUT2D eigenvalue weighted by Gasteiger charge is 2.40. The van der Waals surface area contributed by atoms with Crippen molar-refractivity contribution in [3.63, 3.8) is 0 Å². The first-order valence-electron chi connectivity index (χ1n) is 8.56. The third-order valence-electron chi connectivity index (χ3n) is 4.98. The Morgan fingerprint density at radius 2 is 1.85 bits per heavy atom. The Morgan fingerprint density at radius 3 is 2.50 bits per heavy atom. The number of anilines is 1. The second-order valence-corrected chi connectivity index (χ2v) is 7.37. The normalized spacial score (nSPS) is 19.3. The fourth-order valence-electron chi connectivity index (χ4n) is 3.42. The zero-order chi connectivity index (χ0) is 18.3. The van der Waals surface area contributed by atoms with Gasteiger partial charge in [-0.05, 0) is 24.6 Å². The minimum absolute atomic E-state index is 0.154. The zero-order valence-corrected chi connectivity index (χ0v) is 15.9. The zero-order valence-electron chi connectivity index (χ0n) is 14.4. The number of hydrogen-bond acceptors (Lipinski definition) is 5. The van der Waals surface area contributed by atoms with Gasteiger partial charge in [-0.3, -0.25) is 4.79 Å². The molecule has 2 aromatic rings. The van der Waals surface area contributed by atoms with E-state index in [1.807, 2.05) is 13.0 Å². The Balaban J connectivity index is 1.60. The smallest absolute Gasteiger partial charge is 0.292 e. The lowest BCUT2D eigenvalue weighted by Crippen LogP contribution is -2.45. The van der Waals surface area contributed by atoms with Crippen LogP contribution in [0.25, 0.3) is 5.69 Å². The summed E-state index contributed by atoms with van der Waals surface area (Å²) in [5.41, 5.74) is 1.80. The standard InChI is InChI=1S/C18H19Cl2N3O3/c1-12-2-3-13(10-14(12)19)23-17(24)16(20)15(11-21-23)22-6-4-18(5-7-22)25-8-9-26-18/h2-3,10-11H,4-9H2,1H3. The summed E-state index contributed by atoms with van der Waals surface area (Å²) in [5, 5.41) is 5.03. The summed E-state index contributed by atoms with van der Waals surface area (Å²) in [7, 11) is 0.